The van der Waals surface area contributed by atoms with E-state index in [1.807, 2.05) is 0 Å². The summed E-state index contributed by atoms with van der Waals surface area (Å²) in [7, 11) is 2.85. The standard InChI is InChI=1S/C12H14FNO2/c1-12(2,7-14)10-9(15-3)6-5-8(13)11(10)16-4/h5-6H,1-4H3. The van der Waals surface area contributed by atoms with Crippen molar-refractivity contribution in [2.45, 2.75) is 19.3 Å². The third kappa shape index (κ3) is 1.94. The van der Waals surface area contributed by atoms with E-state index in [2.05, 4.69) is 6.07 Å². The van der Waals surface area contributed by atoms with Gasteiger partial charge in [-0.15, -0.1) is 0 Å². The third-order valence-corrected chi connectivity index (χ3v) is 2.40. The molecule has 0 bridgehead atoms. The number of nitriles is 1. The van der Waals surface area contributed by atoms with Gasteiger partial charge in [-0.2, -0.15) is 5.26 Å². The van der Waals surface area contributed by atoms with E-state index in [1.54, 1.807) is 13.8 Å². The fourth-order valence-electron chi connectivity index (χ4n) is 1.56. The lowest BCUT2D eigenvalue weighted by molar-refractivity contribution is 0.356. The quantitative estimate of drug-likeness (QED) is 0.791. The SMILES string of the molecule is COc1ccc(F)c(OC)c1C(C)(C)C#N. The van der Waals surface area contributed by atoms with Gasteiger partial charge in [0.25, 0.3) is 0 Å². The predicted molar refractivity (Wildman–Crippen MR) is 58.1 cm³/mol. The minimum atomic E-state index is -0.876. The molecule has 0 fully saturated rings. The molecular formula is C12H14FNO2. The highest BCUT2D eigenvalue weighted by Crippen LogP contribution is 2.40. The Morgan fingerprint density at radius 1 is 1.25 bits per heavy atom. The van der Waals surface area contributed by atoms with Crippen molar-refractivity contribution < 1.29 is 13.9 Å². The topological polar surface area (TPSA) is 42.2 Å². The number of hydrogen-bond donors (Lipinski definition) is 0. The maximum Gasteiger partial charge on any atom is 0.165 e. The largest absolute Gasteiger partial charge is 0.496 e. The summed E-state index contributed by atoms with van der Waals surface area (Å²) in [4.78, 5) is 0. The summed E-state index contributed by atoms with van der Waals surface area (Å²) >= 11 is 0. The lowest BCUT2D eigenvalue weighted by Gasteiger charge is -2.22. The van der Waals surface area contributed by atoms with Crippen molar-refractivity contribution in [3.63, 3.8) is 0 Å². The Kier molecular flexibility index (Phi) is 3.38. The van der Waals surface area contributed by atoms with Crippen molar-refractivity contribution >= 4 is 0 Å². The van der Waals surface area contributed by atoms with E-state index >= 15 is 0 Å². The zero-order valence-corrected chi connectivity index (χ0v) is 9.80. The minimum Gasteiger partial charge on any atom is -0.496 e. The molecule has 3 nitrogen and oxygen atoms in total. The smallest absolute Gasteiger partial charge is 0.165 e. The van der Waals surface area contributed by atoms with Gasteiger partial charge in [-0.1, -0.05) is 0 Å². The third-order valence-electron chi connectivity index (χ3n) is 2.40. The number of rotatable bonds is 3. The molecule has 0 aliphatic heterocycles. The normalized spacial score (nSPS) is 10.8. The number of ether oxygens (including phenoxy) is 2. The first-order chi connectivity index (χ1) is 7.47. The first-order valence-corrected chi connectivity index (χ1v) is 4.80. The molecule has 86 valence electrons. The van der Waals surface area contributed by atoms with Crippen LogP contribution in [0.15, 0.2) is 12.1 Å². The fourth-order valence-corrected chi connectivity index (χ4v) is 1.56. The highest BCUT2D eigenvalue weighted by atomic mass is 19.1. The van der Waals surface area contributed by atoms with Crippen LogP contribution in [0.1, 0.15) is 19.4 Å². The van der Waals surface area contributed by atoms with Crippen LogP contribution in [0.3, 0.4) is 0 Å². The van der Waals surface area contributed by atoms with Gasteiger partial charge in [0.2, 0.25) is 0 Å². The molecule has 1 rings (SSSR count). The molecule has 0 radical (unpaired) electrons. The molecule has 0 aromatic heterocycles. The van der Waals surface area contributed by atoms with Gasteiger partial charge < -0.3 is 9.47 Å². The Balaban J connectivity index is 3.56. The second-order valence-corrected chi connectivity index (χ2v) is 3.89. The summed E-state index contributed by atoms with van der Waals surface area (Å²) in [5.74, 6) is 0.0114. The molecule has 0 saturated heterocycles. The van der Waals surface area contributed by atoms with Crippen molar-refractivity contribution in [1.82, 2.24) is 0 Å². The highest BCUT2D eigenvalue weighted by molar-refractivity contribution is 5.52. The molecule has 16 heavy (non-hydrogen) atoms. The molecular weight excluding hydrogens is 209 g/mol. The summed E-state index contributed by atoms with van der Waals surface area (Å²) in [6, 6.07) is 4.86. The molecule has 0 N–H and O–H groups in total. The van der Waals surface area contributed by atoms with Crippen LogP contribution in [0.4, 0.5) is 4.39 Å². The summed E-state index contributed by atoms with van der Waals surface area (Å²) in [5, 5.41) is 9.09. The van der Waals surface area contributed by atoms with Gasteiger partial charge in [-0.3, -0.25) is 0 Å². The molecule has 4 heteroatoms. The van der Waals surface area contributed by atoms with E-state index in [0.717, 1.165) is 0 Å². The van der Waals surface area contributed by atoms with Crippen LogP contribution < -0.4 is 9.47 Å². The number of halogens is 1. The summed E-state index contributed by atoms with van der Waals surface area (Å²) in [6.07, 6.45) is 0. The van der Waals surface area contributed by atoms with E-state index in [9.17, 15) is 4.39 Å². The first kappa shape index (κ1) is 12.3. The number of methoxy groups -OCH3 is 2. The molecule has 0 atom stereocenters. The van der Waals surface area contributed by atoms with E-state index in [1.165, 1.54) is 26.4 Å². The lowest BCUT2D eigenvalue weighted by Crippen LogP contribution is -2.17. The fraction of sp³-hybridized carbons (Fsp3) is 0.417. The lowest BCUT2D eigenvalue weighted by atomic mass is 9.84. The second-order valence-electron chi connectivity index (χ2n) is 3.89. The van der Waals surface area contributed by atoms with E-state index in [-0.39, 0.29) is 5.75 Å². The molecule has 1 aromatic carbocycles. The maximum absolute atomic E-state index is 13.5. The van der Waals surface area contributed by atoms with Crippen molar-refractivity contribution in [2.24, 2.45) is 0 Å². The monoisotopic (exact) mass is 223 g/mol. The number of benzene rings is 1. The Hall–Kier alpha value is -1.76. The molecule has 0 heterocycles. The molecule has 0 aliphatic rings. The van der Waals surface area contributed by atoms with Gasteiger partial charge in [0, 0.05) is 0 Å². The molecule has 0 amide bonds. The molecule has 0 saturated carbocycles. The highest BCUT2D eigenvalue weighted by Gasteiger charge is 2.30. The Labute approximate surface area is 94.4 Å². The van der Waals surface area contributed by atoms with Crippen LogP contribution in [0, 0.1) is 17.1 Å². The average molecular weight is 223 g/mol. The van der Waals surface area contributed by atoms with Crippen LogP contribution in [-0.4, -0.2) is 14.2 Å². The average Bonchev–Trinajstić information content (AvgIpc) is 2.28. The van der Waals surface area contributed by atoms with Crippen molar-refractivity contribution in [1.29, 1.82) is 5.26 Å². The minimum absolute atomic E-state index is 0.0610. The molecule has 1 aromatic rings. The van der Waals surface area contributed by atoms with Gasteiger partial charge in [0.1, 0.15) is 5.75 Å². The molecule has 0 unspecified atom stereocenters. The van der Waals surface area contributed by atoms with Gasteiger partial charge >= 0.3 is 0 Å². The van der Waals surface area contributed by atoms with Crippen molar-refractivity contribution in [2.75, 3.05) is 14.2 Å². The van der Waals surface area contributed by atoms with Crippen LogP contribution in [0.2, 0.25) is 0 Å². The second kappa shape index (κ2) is 4.40. The summed E-state index contributed by atoms with van der Waals surface area (Å²) in [5.41, 5.74) is -0.446. The number of nitrogens with zero attached hydrogens (tertiary/aromatic N) is 1. The predicted octanol–water partition coefficient (Wildman–Crippen LogP) is 2.64. The molecule has 0 aliphatic carbocycles. The zero-order chi connectivity index (χ0) is 12.3. The summed E-state index contributed by atoms with van der Waals surface area (Å²) < 4.78 is 23.7. The zero-order valence-electron chi connectivity index (χ0n) is 9.80. The number of hydrogen-bond acceptors (Lipinski definition) is 3. The Bertz CT molecular complexity index is 435. The van der Waals surface area contributed by atoms with Crippen molar-refractivity contribution in [3.8, 4) is 17.6 Å². The van der Waals surface area contributed by atoms with Crippen LogP contribution >= 0.6 is 0 Å². The first-order valence-electron chi connectivity index (χ1n) is 4.80. The molecule has 0 spiro atoms. The summed E-state index contributed by atoms with van der Waals surface area (Å²) in [6.45, 7) is 3.37. The van der Waals surface area contributed by atoms with E-state index in [0.29, 0.717) is 11.3 Å². The van der Waals surface area contributed by atoms with E-state index in [4.69, 9.17) is 14.7 Å². The van der Waals surface area contributed by atoms with Crippen LogP contribution in [0.25, 0.3) is 0 Å². The van der Waals surface area contributed by atoms with Crippen LogP contribution in [0.5, 0.6) is 11.5 Å². The van der Waals surface area contributed by atoms with Gasteiger partial charge in [0.15, 0.2) is 11.6 Å². The Morgan fingerprint density at radius 3 is 2.31 bits per heavy atom. The van der Waals surface area contributed by atoms with E-state index < -0.39 is 11.2 Å². The maximum atomic E-state index is 13.5. The van der Waals surface area contributed by atoms with Gasteiger partial charge in [0.05, 0.1) is 31.3 Å². The van der Waals surface area contributed by atoms with Gasteiger partial charge in [-0.05, 0) is 26.0 Å². The van der Waals surface area contributed by atoms with Crippen molar-refractivity contribution in [3.05, 3.63) is 23.5 Å². The van der Waals surface area contributed by atoms with Crippen LogP contribution in [-0.2, 0) is 5.41 Å². The van der Waals surface area contributed by atoms with Gasteiger partial charge in [-0.25, -0.2) is 4.39 Å². The Morgan fingerprint density at radius 2 is 1.88 bits per heavy atom.